The molecule has 0 spiro atoms. The van der Waals surface area contributed by atoms with E-state index in [1.54, 1.807) is 18.2 Å². The topological polar surface area (TPSA) is 66.3 Å². The molecule has 28 heavy (non-hydrogen) atoms. The molecular weight excluding hydrogens is 361 g/mol. The Balaban J connectivity index is 1.49. The number of ether oxygens (including phenoxy) is 2. The third kappa shape index (κ3) is 5.90. The number of aliphatic imine (C=N–C) groups is 1. The Morgan fingerprint density at radius 3 is 2.82 bits per heavy atom. The highest BCUT2D eigenvalue weighted by molar-refractivity contribution is 5.80. The lowest BCUT2D eigenvalue weighted by atomic mass is 10.1. The van der Waals surface area contributed by atoms with Crippen LogP contribution in [0, 0.1) is 5.82 Å². The molecule has 3 rings (SSSR count). The van der Waals surface area contributed by atoms with E-state index < -0.39 is 11.9 Å². The summed E-state index contributed by atoms with van der Waals surface area (Å²) in [7, 11) is 0. The lowest BCUT2D eigenvalue weighted by Crippen LogP contribution is -2.47. The van der Waals surface area contributed by atoms with Gasteiger partial charge in [-0.2, -0.15) is 0 Å². The first-order chi connectivity index (χ1) is 13.7. The van der Waals surface area contributed by atoms with Gasteiger partial charge in [0.2, 0.25) is 0 Å². The summed E-state index contributed by atoms with van der Waals surface area (Å²) >= 11 is 0. The predicted molar refractivity (Wildman–Crippen MR) is 107 cm³/mol. The maximum absolute atomic E-state index is 13.8. The largest absolute Gasteiger partial charge is 0.386 e. The number of hydrogen-bond acceptors (Lipinski definition) is 4. The van der Waals surface area contributed by atoms with Gasteiger partial charge in [-0.3, -0.25) is 4.99 Å². The van der Waals surface area contributed by atoms with Gasteiger partial charge >= 0.3 is 0 Å². The van der Waals surface area contributed by atoms with Crippen molar-refractivity contribution in [2.24, 2.45) is 4.99 Å². The number of guanidine groups is 1. The van der Waals surface area contributed by atoms with Gasteiger partial charge in [0.15, 0.2) is 5.96 Å². The van der Waals surface area contributed by atoms with Crippen LogP contribution in [0.2, 0.25) is 0 Å². The number of piperidine rings is 1. The van der Waals surface area contributed by atoms with E-state index in [0.717, 1.165) is 57.9 Å². The first-order valence-electron chi connectivity index (χ1n) is 10.4. The van der Waals surface area contributed by atoms with E-state index in [9.17, 15) is 9.50 Å². The number of hydrogen-bond donors (Lipinski definition) is 2. The molecule has 2 unspecified atom stereocenters. The van der Waals surface area contributed by atoms with Crippen LogP contribution < -0.4 is 5.32 Å². The van der Waals surface area contributed by atoms with Gasteiger partial charge in [0.25, 0.3) is 0 Å². The van der Waals surface area contributed by atoms with Crippen molar-refractivity contribution in [2.75, 3.05) is 39.4 Å². The van der Waals surface area contributed by atoms with Gasteiger partial charge < -0.3 is 24.8 Å². The van der Waals surface area contributed by atoms with Crippen LogP contribution in [0.3, 0.4) is 0 Å². The SMILES string of the molecule is CCNC(=NCC(O)c1ccccc1F)N1CCC(OCC2CCCO2)CC1. The number of rotatable bonds is 7. The van der Waals surface area contributed by atoms with Crippen LogP contribution in [0.4, 0.5) is 4.39 Å². The Morgan fingerprint density at radius 1 is 1.36 bits per heavy atom. The normalized spacial score (nSPS) is 22.5. The minimum absolute atomic E-state index is 0.124. The minimum Gasteiger partial charge on any atom is -0.386 e. The molecule has 2 aliphatic heterocycles. The molecular formula is C21H32FN3O3. The number of benzene rings is 1. The highest BCUT2D eigenvalue weighted by Crippen LogP contribution is 2.19. The number of halogens is 1. The van der Waals surface area contributed by atoms with Crippen molar-refractivity contribution in [3.63, 3.8) is 0 Å². The maximum Gasteiger partial charge on any atom is 0.194 e. The molecule has 1 aromatic rings. The van der Waals surface area contributed by atoms with E-state index in [0.29, 0.717) is 6.61 Å². The van der Waals surface area contributed by atoms with Gasteiger partial charge in [0, 0.05) is 31.8 Å². The molecule has 0 amide bonds. The molecule has 1 aromatic carbocycles. The van der Waals surface area contributed by atoms with Crippen molar-refractivity contribution >= 4 is 5.96 Å². The second kappa shape index (κ2) is 10.7. The molecule has 2 fully saturated rings. The number of aliphatic hydroxyl groups is 1. The van der Waals surface area contributed by atoms with Gasteiger partial charge in [-0.1, -0.05) is 18.2 Å². The number of aliphatic hydroxyl groups excluding tert-OH is 1. The summed E-state index contributed by atoms with van der Waals surface area (Å²) in [6.45, 7) is 6.11. The maximum atomic E-state index is 13.8. The van der Waals surface area contributed by atoms with Crippen molar-refractivity contribution in [1.82, 2.24) is 10.2 Å². The molecule has 2 N–H and O–H groups in total. The Kier molecular flexibility index (Phi) is 8.06. The Hall–Kier alpha value is -1.70. The van der Waals surface area contributed by atoms with Crippen LogP contribution >= 0.6 is 0 Å². The number of nitrogens with zero attached hydrogens (tertiary/aromatic N) is 2. The molecule has 0 bridgehead atoms. The van der Waals surface area contributed by atoms with E-state index >= 15 is 0 Å². The average molecular weight is 394 g/mol. The zero-order valence-corrected chi connectivity index (χ0v) is 16.6. The second-order valence-electron chi connectivity index (χ2n) is 7.39. The fourth-order valence-electron chi connectivity index (χ4n) is 3.70. The summed E-state index contributed by atoms with van der Waals surface area (Å²) in [6.07, 6.45) is 3.67. The van der Waals surface area contributed by atoms with Gasteiger partial charge in [-0.15, -0.1) is 0 Å². The van der Waals surface area contributed by atoms with Gasteiger partial charge in [-0.25, -0.2) is 4.39 Å². The summed E-state index contributed by atoms with van der Waals surface area (Å²) in [5, 5.41) is 13.6. The molecule has 0 aromatic heterocycles. The van der Waals surface area contributed by atoms with Crippen LogP contribution in [-0.2, 0) is 9.47 Å². The molecule has 0 aliphatic carbocycles. The summed E-state index contributed by atoms with van der Waals surface area (Å²) in [4.78, 5) is 6.73. The Bertz CT molecular complexity index is 629. The van der Waals surface area contributed by atoms with Crippen LogP contribution in [0.15, 0.2) is 29.3 Å². The van der Waals surface area contributed by atoms with E-state index in [-0.39, 0.29) is 24.3 Å². The summed E-state index contributed by atoms with van der Waals surface area (Å²) < 4.78 is 25.5. The molecule has 7 heteroatoms. The first-order valence-corrected chi connectivity index (χ1v) is 10.4. The monoisotopic (exact) mass is 393 g/mol. The molecule has 2 heterocycles. The zero-order chi connectivity index (χ0) is 19.8. The van der Waals surface area contributed by atoms with Crippen LogP contribution in [0.1, 0.15) is 44.3 Å². The Labute approximate surface area is 166 Å². The van der Waals surface area contributed by atoms with E-state index in [1.807, 2.05) is 6.92 Å². The molecule has 156 valence electrons. The van der Waals surface area contributed by atoms with Gasteiger partial charge in [0.05, 0.1) is 25.4 Å². The fourth-order valence-corrected chi connectivity index (χ4v) is 3.70. The van der Waals surface area contributed by atoms with Crippen molar-refractivity contribution in [1.29, 1.82) is 0 Å². The lowest BCUT2D eigenvalue weighted by Gasteiger charge is -2.34. The highest BCUT2D eigenvalue weighted by atomic mass is 19.1. The number of nitrogens with one attached hydrogen (secondary N) is 1. The van der Waals surface area contributed by atoms with Crippen LogP contribution in [0.5, 0.6) is 0 Å². The van der Waals surface area contributed by atoms with E-state index in [2.05, 4.69) is 15.2 Å². The van der Waals surface area contributed by atoms with Gasteiger partial charge in [0.1, 0.15) is 11.9 Å². The fraction of sp³-hybridized carbons (Fsp3) is 0.667. The van der Waals surface area contributed by atoms with Crippen molar-refractivity contribution in [3.8, 4) is 0 Å². The average Bonchev–Trinajstić information content (AvgIpc) is 3.24. The smallest absolute Gasteiger partial charge is 0.194 e. The Morgan fingerprint density at radius 2 is 2.14 bits per heavy atom. The molecule has 2 saturated heterocycles. The minimum atomic E-state index is -0.956. The molecule has 0 saturated carbocycles. The van der Waals surface area contributed by atoms with Crippen LogP contribution in [0.25, 0.3) is 0 Å². The molecule has 2 atom stereocenters. The third-order valence-electron chi connectivity index (χ3n) is 5.30. The zero-order valence-electron chi connectivity index (χ0n) is 16.6. The number of likely N-dealkylation sites (tertiary alicyclic amines) is 1. The summed E-state index contributed by atoms with van der Waals surface area (Å²) in [6, 6.07) is 6.29. The van der Waals surface area contributed by atoms with Crippen molar-refractivity contribution in [3.05, 3.63) is 35.6 Å². The lowest BCUT2D eigenvalue weighted by molar-refractivity contribution is -0.0367. The second-order valence-corrected chi connectivity index (χ2v) is 7.39. The highest BCUT2D eigenvalue weighted by Gasteiger charge is 2.24. The quantitative estimate of drug-likeness (QED) is 0.550. The summed E-state index contributed by atoms with van der Waals surface area (Å²) in [5.41, 5.74) is 0.281. The molecule has 0 radical (unpaired) electrons. The van der Waals surface area contributed by atoms with E-state index in [4.69, 9.17) is 9.47 Å². The van der Waals surface area contributed by atoms with E-state index in [1.165, 1.54) is 6.07 Å². The molecule has 6 nitrogen and oxygen atoms in total. The summed E-state index contributed by atoms with van der Waals surface area (Å²) in [5.74, 6) is 0.356. The van der Waals surface area contributed by atoms with Gasteiger partial charge in [-0.05, 0) is 38.7 Å². The first kappa shape index (κ1) is 21.0. The standard InChI is InChI=1S/C21H32FN3O3/c1-2-23-21(24-14-20(26)18-7-3-4-8-19(18)22)25-11-9-16(10-12-25)28-15-17-6-5-13-27-17/h3-4,7-8,16-17,20,26H,2,5-6,9-15H2,1H3,(H,23,24). The van der Waals surface area contributed by atoms with Crippen molar-refractivity contribution in [2.45, 2.75) is 50.9 Å². The molecule has 2 aliphatic rings. The van der Waals surface area contributed by atoms with Crippen LogP contribution in [-0.4, -0.2) is 67.6 Å². The third-order valence-corrected chi connectivity index (χ3v) is 5.30. The van der Waals surface area contributed by atoms with Crippen molar-refractivity contribution < 1.29 is 19.0 Å². The predicted octanol–water partition coefficient (Wildman–Crippen LogP) is 2.48.